The third-order valence-corrected chi connectivity index (χ3v) is 9.58. The summed E-state index contributed by atoms with van der Waals surface area (Å²) in [7, 11) is 0. The van der Waals surface area contributed by atoms with Gasteiger partial charge in [-0.15, -0.1) is 6.58 Å². The van der Waals surface area contributed by atoms with E-state index < -0.39 is 41.6 Å². The fourth-order valence-electron chi connectivity index (χ4n) is 6.74. The van der Waals surface area contributed by atoms with Crippen molar-refractivity contribution in [3.8, 4) is 0 Å². The number of ketones is 2. The van der Waals surface area contributed by atoms with Crippen LogP contribution in [0.3, 0.4) is 0 Å². The van der Waals surface area contributed by atoms with Gasteiger partial charge in [0, 0.05) is 31.3 Å². The molecule has 2 fully saturated rings. The lowest BCUT2D eigenvalue weighted by Crippen LogP contribution is -2.52. The predicted molar refractivity (Wildman–Crippen MR) is 169 cm³/mol. The van der Waals surface area contributed by atoms with E-state index >= 15 is 0 Å². The van der Waals surface area contributed by atoms with Crippen LogP contribution in [0.4, 0.5) is 0 Å². The number of carbonyl (C=O) groups excluding carboxylic acids is 5. The van der Waals surface area contributed by atoms with Crippen molar-refractivity contribution < 1.29 is 33.4 Å². The van der Waals surface area contributed by atoms with Gasteiger partial charge in [0.25, 0.3) is 5.91 Å². The number of fused-ring (bicyclic) bond motifs is 3. The van der Waals surface area contributed by atoms with Crippen molar-refractivity contribution >= 4 is 29.4 Å². The van der Waals surface area contributed by atoms with Crippen molar-refractivity contribution in [3.05, 3.63) is 54.4 Å². The smallest absolute Gasteiger partial charge is 0.329 e. The van der Waals surface area contributed by atoms with Gasteiger partial charge in [-0.05, 0) is 99.7 Å². The Kier molecular flexibility index (Phi) is 12.7. The average molecular weight is 621 g/mol. The maximum absolute atomic E-state index is 13.7. The molecule has 1 saturated carbocycles. The average Bonchev–Trinajstić information content (AvgIpc) is 3.55. The zero-order chi connectivity index (χ0) is 32.3. The highest BCUT2D eigenvalue weighted by Gasteiger charge is 2.42. The molecule has 0 aromatic carbocycles. The minimum atomic E-state index is -0.843. The van der Waals surface area contributed by atoms with Crippen molar-refractivity contribution in [1.82, 2.24) is 9.88 Å². The topological polar surface area (TPSA) is 120 Å². The number of piperidine rings is 1. The SMILES string of the molecule is C=CCC1=CC(C)CCOC(=O)C2CC[C@H](C2)C(=O)C(=O)N2CCCC[C@H]2C(=O)OC(CCc2cccnc2)C(C)CCC1=O. The summed E-state index contributed by atoms with van der Waals surface area (Å²) in [5, 5.41) is 0. The third kappa shape index (κ3) is 9.44. The number of nitrogens with zero attached hydrogens (tertiary/aromatic N) is 2. The van der Waals surface area contributed by atoms with Gasteiger partial charge >= 0.3 is 11.9 Å². The Morgan fingerprint density at radius 1 is 1.00 bits per heavy atom. The molecule has 1 aromatic rings. The number of aromatic nitrogens is 1. The number of hydrogen-bond donors (Lipinski definition) is 0. The van der Waals surface area contributed by atoms with Crippen LogP contribution in [0.1, 0.15) is 90.0 Å². The first-order valence-electron chi connectivity index (χ1n) is 16.6. The summed E-state index contributed by atoms with van der Waals surface area (Å²) in [6, 6.07) is 3.00. The van der Waals surface area contributed by atoms with E-state index in [1.54, 1.807) is 18.5 Å². The molecular formula is C36H48N2O7. The Balaban J connectivity index is 1.59. The van der Waals surface area contributed by atoms with Crippen LogP contribution in [-0.4, -0.2) is 64.6 Å². The van der Waals surface area contributed by atoms with Crippen LogP contribution < -0.4 is 0 Å². The molecule has 1 amide bonds. The van der Waals surface area contributed by atoms with Gasteiger partial charge in [0.05, 0.1) is 12.5 Å². The molecule has 4 unspecified atom stereocenters. The maximum Gasteiger partial charge on any atom is 0.329 e. The highest BCUT2D eigenvalue weighted by atomic mass is 16.5. The Morgan fingerprint density at radius 2 is 1.80 bits per heavy atom. The Hall–Kier alpha value is -3.62. The van der Waals surface area contributed by atoms with Crippen LogP contribution in [0.2, 0.25) is 0 Å². The standard InChI is InChI=1S/C36H48N2O7/c1-4-8-27-21-24(2)17-20-44-35(42)29-14-13-28(22-29)33(40)34(41)38-19-6-5-10-30(38)36(43)45-32(25(3)11-15-31(27)39)16-12-26-9-7-18-37-23-26/h4,7,9,18,21,23-25,28-30,32H,1,5-6,8,10-17,19-20,22H2,2-3H3/t24?,25?,28-,29?,30+,32?/m1/s1. The molecule has 9 nitrogen and oxygen atoms in total. The van der Waals surface area contributed by atoms with Crippen LogP contribution in [0.15, 0.2) is 48.8 Å². The highest BCUT2D eigenvalue weighted by molar-refractivity contribution is 6.37. The van der Waals surface area contributed by atoms with Gasteiger partial charge in [0.2, 0.25) is 5.78 Å². The number of carbonyl (C=O) groups is 5. The summed E-state index contributed by atoms with van der Waals surface area (Å²) < 4.78 is 11.7. The molecule has 9 heteroatoms. The Bertz CT molecular complexity index is 1260. The predicted octanol–water partition coefficient (Wildman–Crippen LogP) is 5.36. The minimum absolute atomic E-state index is 0.00402. The van der Waals surface area contributed by atoms with Gasteiger partial charge < -0.3 is 14.4 Å². The summed E-state index contributed by atoms with van der Waals surface area (Å²) in [4.78, 5) is 72.4. The van der Waals surface area contributed by atoms with E-state index in [9.17, 15) is 24.0 Å². The molecule has 0 N–H and O–H groups in total. The first kappa shape index (κ1) is 34.3. The number of ether oxygens (including phenoxy) is 2. The highest BCUT2D eigenvalue weighted by Crippen LogP contribution is 2.34. The number of hydrogen-bond acceptors (Lipinski definition) is 8. The number of allylic oxidation sites excluding steroid dienone is 3. The second-order valence-corrected chi connectivity index (χ2v) is 13.0. The van der Waals surface area contributed by atoms with Crippen molar-refractivity contribution in [2.45, 2.75) is 103 Å². The minimum Gasteiger partial charge on any atom is -0.465 e. The van der Waals surface area contributed by atoms with E-state index in [0.717, 1.165) is 12.0 Å². The largest absolute Gasteiger partial charge is 0.465 e. The zero-order valence-electron chi connectivity index (χ0n) is 26.8. The lowest BCUT2D eigenvalue weighted by molar-refractivity contribution is -0.165. The van der Waals surface area contributed by atoms with Crippen molar-refractivity contribution in [2.24, 2.45) is 23.7 Å². The van der Waals surface area contributed by atoms with E-state index in [4.69, 9.17) is 9.47 Å². The van der Waals surface area contributed by atoms with Gasteiger partial charge in [-0.25, -0.2) is 4.79 Å². The molecule has 2 bridgehead atoms. The molecule has 45 heavy (non-hydrogen) atoms. The van der Waals surface area contributed by atoms with Crippen LogP contribution in [-0.2, 0) is 39.9 Å². The number of esters is 2. The Labute approximate surface area is 266 Å². The van der Waals surface area contributed by atoms with E-state index in [0.29, 0.717) is 69.9 Å². The summed E-state index contributed by atoms with van der Waals surface area (Å²) >= 11 is 0. The Morgan fingerprint density at radius 3 is 2.56 bits per heavy atom. The second kappa shape index (κ2) is 16.6. The molecule has 0 radical (unpaired) electrons. The van der Waals surface area contributed by atoms with E-state index in [1.165, 1.54) is 4.90 Å². The van der Waals surface area contributed by atoms with Crippen molar-refractivity contribution in [3.63, 3.8) is 0 Å². The summed E-state index contributed by atoms with van der Waals surface area (Å²) in [5.74, 6) is -3.17. The fraction of sp³-hybridized carbons (Fsp3) is 0.611. The fourth-order valence-corrected chi connectivity index (χ4v) is 6.74. The van der Waals surface area contributed by atoms with E-state index in [1.807, 2.05) is 32.1 Å². The first-order chi connectivity index (χ1) is 21.7. The molecule has 1 aliphatic carbocycles. The quantitative estimate of drug-likeness (QED) is 0.245. The second-order valence-electron chi connectivity index (χ2n) is 13.0. The molecular weight excluding hydrogens is 572 g/mol. The molecule has 6 atom stereocenters. The van der Waals surface area contributed by atoms with E-state index in [2.05, 4.69) is 11.6 Å². The number of cyclic esters (lactones) is 2. The third-order valence-electron chi connectivity index (χ3n) is 9.58. The molecule has 0 spiro atoms. The number of Topliss-reactive ketones (excluding diaryl/α,β-unsaturated/α-hetero) is 2. The number of rotatable bonds is 5. The maximum atomic E-state index is 13.7. The molecule has 2 aliphatic heterocycles. The molecule has 1 saturated heterocycles. The summed E-state index contributed by atoms with van der Waals surface area (Å²) in [6.07, 6.45) is 12.7. The van der Waals surface area contributed by atoms with E-state index in [-0.39, 0.29) is 43.0 Å². The van der Waals surface area contributed by atoms with Gasteiger partial charge in [0.1, 0.15) is 12.1 Å². The van der Waals surface area contributed by atoms with Crippen LogP contribution >= 0.6 is 0 Å². The van der Waals surface area contributed by atoms with Gasteiger partial charge in [-0.3, -0.25) is 24.2 Å². The normalized spacial score (nSPS) is 29.6. The monoisotopic (exact) mass is 620 g/mol. The van der Waals surface area contributed by atoms with Crippen LogP contribution in [0.5, 0.6) is 0 Å². The lowest BCUT2D eigenvalue weighted by atomic mass is 9.90. The lowest BCUT2D eigenvalue weighted by Gasteiger charge is -2.35. The molecule has 1 aromatic heterocycles. The molecule has 4 rings (SSSR count). The number of aryl methyl sites for hydroxylation is 1. The van der Waals surface area contributed by atoms with Crippen molar-refractivity contribution in [2.75, 3.05) is 13.2 Å². The van der Waals surface area contributed by atoms with Gasteiger partial charge in [0.15, 0.2) is 5.78 Å². The molecule has 244 valence electrons. The van der Waals surface area contributed by atoms with Gasteiger partial charge in [-0.2, -0.15) is 0 Å². The van der Waals surface area contributed by atoms with Crippen LogP contribution in [0, 0.1) is 23.7 Å². The summed E-state index contributed by atoms with van der Waals surface area (Å²) in [6.45, 7) is 8.32. The number of pyridine rings is 1. The first-order valence-corrected chi connectivity index (χ1v) is 16.6. The van der Waals surface area contributed by atoms with Crippen molar-refractivity contribution in [1.29, 1.82) is 0 Å². The van der Waals surface area contributed by atoms with Crippen LogP contribution in [0.25, 0.3) is 0 Å². The van der Waals surface area contributed by atoms with Gasteiger partial charge in [-0.1, -0.05) is 32.1 Å². The number of amides is 1. The summed E-state index contributed by atoms with van der Waals surface area (Å²) in [5.41, 5.74) is 1.70. The zero-order valence-corrected chi connectivity index (χ0v) is 26.8. The molecule has 3 heterocycles. The molecule has 3 aliphatic rings.